The van der Waals surface area contributed by atoms with Crippen LogP contribution in [0.3, 0.4) is 0 Å². The van der Waals surface area contributed by atoms with Crippen molar-refractivity contribution in [2.24, 2.45) is 0 Å². The number of ether oxygens (including phenoxy) is 3. The topological polar surface area (TPSA) is 85.4 Å². The van der Waals surface area contributed by atoms with E-state index in [1.54, 1.807) is 23.1 Å². The average Bonchev–Trinajstić information content (AvgIpc) is 2.97. The molecule has 0 aliphatic carbocycles. The number of nitrogens with zero attached hydrogens (tertiary/aromatic N) is 2. The van der Waals surface area contributed by atoms with Gasteiger partial charge in [-0.05, 0) is 35.5 Å². The molecule has 0 spiro atoms. The van der Waals surface area contributed by atoms with Crippen molar-refractivity contribution in [3.8, 4) is 11.5 Å². The van der Waals surface area contributed by atoms with Crippen molar-refractivity contribution in [3.05, 3.63) is 27.1 Å². The van der Waals surface area contributed by atoms with Crippen molar-refractivity contribution >= 4 is 50.8 Å². The van der Waals surface area contributed by atoms with Crippen LogP contribution >= 0.6 is 27.7 Å². The molecule has 0 saturated carbocycles. The molecule has 1 aromatic carbocycles. The Balaban J connectivity index is 1.78. The lowest BCUT2D eigenvalue weighted by atomic mass is 10.2. The van der Waals surface area contributed by atoms with Crippen molar-refractivity contribution < 1.29 is 28.6 Å². The normalized spacial score (nSPS) is 18.8. The van der Waals surface area contributed by atoms with E-state index < -0.39 is 11.1 Å². The molecule has 3 rings (SSSR count). The molecule has 0 atom stereocenters. The molecule has 10 heteroatoms. The third-order valence-electron chi connectivity index (χ3n) is 4.32. The predicted octanol–water partition coefficient (Wildman–Crippen LogP) is 2.36. The van der Waals surface area contributed by atoms with E-state index in [2.05, 4.69) is 15.9 Å². The van der Waals surface area contributed by atoms with Gasteiger partial charge in [-0.25, -0.2) is 0 Å². The van der Waals surface area contributed by atoms with Crippen molar-refractivity contribution in [2.75, 3.05) is 47.1 Å². The Morgan fingerprint density at radius 2 is 1.86 bits per heavy atom. The molecule has 2 saturated heterocycles. The van der Waals surface area contributed by atoms with Crippen LogP contribution in [0.2, 0.25) is 0 Å². The molecular weight excluding hydrogens is 452 g/mol. The zero-order valence-electron chi connectivity index (χ0n) is 15.4. The molecule has 2 aliphatic rings. The minimum atomic E-state index is -0.488. The van der Waals surface area contributed by atoms with Gasteiger partial charge < -0.3 is 19.1 Å². The number of hydrogen-bond donors (Lipinski definition) is 0. The van der Waals surface area contributed by atoms with Crippen LogP contribution in [-0.4, -0.2) is 73.9 Å². The van der Waals surface area contributed by atoms with Crippen molar-refractivity contribution in [1.29, 1.82) is 0 Å². The van der Waals surface area contributed by atoms with Crippen LogP contribution in [0.25, 0.3) is 6.08 Å². The number of morpholine rings is 1. The third-order valence-corrected chi connectivity index (χ3v) is 5.91. The summed E-state index contributed by atoms with van der Waals surface area (Å²) in [6, 6.07) is 3.42. The van der Waals surface area contributed by atoms with Gasteiger partial charge in [0.2, 0.25) is 5.91 Å². The number of amides is 3. The van der Waals surface area contributed by atoms with E-state index >= 15 is 0 Å². The number of thioether (sulfide) groups is 1. The Bertz CT molecular complexity index is 838. The smallest absolute Gasteiger partial charge is 0.294 e. The minimum absolute atomic E-state index is 0.243. The summed E-state index contributed by atoms with van der Waals surface area (Å²) in [5.74, 6) is 0.284. The van der Waals surface area contributed by atoms with E-state index in [4.69, 9.17) is 14.2 Å². The highest BCUT2D eigenvalue weighted by Gasteiger charge is 2.37. The number of rotatable bonds is 5. The summed E-state index contributed by atoms with van der Waals surface area (Å²) in [5.41, 5.74) is 0.655. The Labute approximate surface area is 174 Å². The number of halogens is 1. The molecular formula is C18H19BrN2O6S. The number of carbonyl (C=O) groups is 3. The number of imide groups is 1. The molecule has 2 fully saturated rings. The first-order valence-corrected chi connectivity index (χ1v) is 10.1. The standard InChI is InChI=1S/C18H19BrN2O6S/c1-25-13-7-11(12(19)9-14(13)26-2)8-15-17(23)21(18(24)28-15)10-16(22)20-3-5-27-6-4-20/h7-9H,3-6,10H2,1-2H3/b15-8+. The minimum Gasteiger partial charge on any atom is -0.493 e. The van der Waals surface area contributed by atoms with E-state index in [9.17, 15) is 14.4 Å². The Morgan fingerprint density at radius 3 is 2.50 bits per heavy atom. The van der Waals surface area contributed by atoms with Gasteiger partial charge in [0.25, 0.3) is 11.1 Å². The summed E-state index contributed by atoms with van der Waals surface area (Å²) in [5, 5.41) is -0.463. The van der Waals surface area contributed by atoms with Crippen LogP contribution < -0.4 is 9.47 Å². The fourth-order valence-corrected chi connectivity index (χ4v) is 4.07. The maximum atomic E-state index is 12.7. The SMILES string of the molecule is COc1cc(Br)c(/C=C2/SC(=O)N(CC(=O)N3CCOCC3)C2=O)cc1OC. The molecule has 8 nitrogen and oxygen atoms in total. The monoisotopic (exact) mass is 470 g/mol. The van der Waals surface area contributed by atoms with E-state index in [1.165, 1.54) is 14.2 Å². The number of methoxy groups -OCH3 is 2. The van der Waals surface area contributed by atoms with Gasteiger partial charge in [-0.15, -0.1) is 0 Å². The van der Waals surface area contributed by atoms with Crippen LogP contribution in [0.15, 0.2) is 21.5 Å². The van der Waals surface area contributed by atoms with Gasteiger partial charge in [0.1, 0.15) is 6.54 Å². The molecule has 0 radical (unpaired) electrons. The van der Waals surface area contributed by atoms with Crippen molar-refractivity contribution in [1.82, 2.24) is 9.80 Å². The van der Waals surface area contributed by atoms with E-state index in [0.29, 0.717) is 47.8 Å². The summed E-state index contributed by atoms with van der Waals surface area (Å²) in [7, 11) is 3.04. The van der Waals surface area contributed by atoms with Crippen molar-refractivity contribution in [2.45, 2.75) is 0 Å². The lowest BCUT2D eigenvalue weighted by Gasteiger charge is -2.28. The first-order valence-electron chi connectivity index (χ1n) is 8.47. The highest BCUT2D eigenvalue weighted by molar-refractivity contribution is 9.10. The zero-order chi connectivity index (χ0) is 20.3. The molecule has 3 amide bonds. The number of carbonyl (C=O) groups excluding carboxylic acids is 3. The first kappa shape index (κ1) is 20.7. The molecule has 0 aromatic heterocycles. The van der Waals surface area contributed by atoms with Crippen LogP contribution in [0.1, 0.15) is 5.56 Å². The average molecular weight is 471 g/mol. The summed E-state index contributed by atoms with van der Waals surface area (Å²) in [6.45, 7) is 1.57. The second-order valence-corrected chi connectivity index (χ2v) is 7.84. The molecule has 28 heavy (non-hydrogen) atoms. The van der Waals surface area contributed by atoms with Crippen LogP contribution in [0.4, 0.5) is 4.79 Å². The lowest BCUT2D eigenvalue weighted by Crippen LogP contribution is -2.46. The predicted molar refractivity (Wildman–Crippen MR) is 107 cm³/mol. The molecule has 1 aromatic rings. The largest absolute Gasteiger partial charge is 0.493 e. The van der Waals surface area contributed by atoms with Crippen LogP contribution in [0.5, 0.6) is 11.5 Å². The van der Waals surface area contributed by atoms with Gasteiger partial charge in [0.05, 0.1) is 32.3 Å². The van der Waals surface area contributed by atoms with Gasteiger partial charge in [-0.3, -0.25) is 19.3 Å². The molecule has 0 unspecified atom stereocenters. The van der Waals surface area contributed by atoms with Crippen LogP contribution in [-0.2, 0) is 14.3 Å². The molecule has 0 N–H and O–H groups in total. The maximum Gasteiger partial charge on any atom is 0.294 e. The summed E-state index contributed by atoms with van der Waals surface area (Å²) < 4.78 is 16.4. The lowest BCUT2D eigenvalue weighted by molar-refractivity contribution is -0.139. The fraction of sp³-hybridized carbons (Fsp3) is 0.389. The second-order valence-electron chi connectivity index (χ2n) is 5.99. The second kappa shape index (κ2) is 8.97. The van der Waals surface area contributed by atoms with Gasteiger partial charge in [0.15, 0.2) is 11.5 Å². The summed E-state index contributed by atoms with van der Waals surface area (Å²) in [6.07, 6.45) is 1.59. The third kappa shape index (κ3) is 4.34. The molecule has 2 heterocycles. The Morgan fingerprint density at radius 1 is 1.21 bits per heavy atom. The van der Waals surface area contributed by atoms with Gasteiger partial charge in [-0.2, -0.15) is 0 Å². The summed E-state index contributed by atoms with van der Waals surface area (Å²) in [4.78, 5) is 40.2. The number of benzene rings is 1. The first-order chi connectivity index (χ1) is 13.4. The Hall–Kier alpha value is -2.04. The fourth-order valence-electron chi connectivity index (χ4n) is 2.81. The zero-order valence-corrected chi connectivity index (χ0v) is 17.8. The van der Waals surface area contributed by atoms with Gasteiger partial charge in [0, 0.05) is 17.6 Å². The van der Waals surface area contributed by atoms with E-state index in [-0.39, 0.29) is 17.4 Å². The highest BCUT2D eigenvalue weighted by Crippen LogP contribution is 2.37. The van der Waals surface area contributed by atoms with Gasteiger partial charge >= 0.3 is 0 Å². The van der Waals surface area contributed by atoms with Crippen LogP contribution in [0, 0.1) is 0 Å². The number of hydrogen-bond acceptors (Lipinski definition) is 7. The van der Waals surface area contributed by atoms with E-state index in [1.807, 2.05) is 0 Å². The van der Waals surface area contributed by atoms with Crippen molar-refractivity contribution in [3.63, 3.8) is 0 Å². The molecule has 2 aliphatic heterocycles. The van der Waals surface area contributed by atoms with E-state index in [0.717, 1.165) is 16.7 Å². The quantitative estimate of drug-likeness (QED) is 0.610. The van der Waals surface area contributed by atoms with Gasteiger partial charge in [-0.1, -0.05) is 15.9 Å². The molecule has 150 valence electrons. The maximum absolute atomic E-state index is 12.7. The Kier molecular flexibility index (Phi) is 6.63. The highest BCUT2D eigenvalue weighted by atomic mass is 79.9. The molecule has 0 bridgehead atoms. The summed E-state index contributed by atoms with van der Waals surface area (Å²) >= 11 is 4.24.